The molecular formula is C12H17N3O4S. The molecule has 0 radical (unpaired) electrons. The Morgan fingerprint density at radius 1 is 1.45 bits per heavy atom. The zero-order valence-electron chi connectivity index (χ0n) is 11.1. The maximum absolute atomic E-state index is 11.7. The van der Waals surface area contributed by atoms with Crippen LogP contribution >= 0.6 is 11.3 Å². The molecule has 0 aromatic carbocycles. The molecule has 20 heavy (non-hydrogen) atoms. The number of anilines is 1. The summed E-state index contributed by atoms with van der Waals surface area (Å²) in [5, 5.41) is 24.0. The summed E-state index contributed by atoms with van der Waals surface area (Å²) in [6.45, 7) is 1.22. The summed E-state index contributed by atoms with van der Waals surface area (Å²) < 4.78 is 0. The van der Waals surface area contributed by atoms with E-state index >= 15 is 0 Å². The van der Waals surface area contributed by atoms with E-state index in [1.807, 2.05) is 0 Å². The molecule has 2 amide bonds. The van der Waals surface area contributed by atoms with Gasteiger partial charge in [-0.2, -0.15) is 0 Å². The Bertz CT molecular complexity index is 505. The number of hydrogen-bond acceptors (Lipinski definition) is 5. The molecular weight excluding hydrogens is 282 g/mol. The third-order valence-corrected chi connectivity index (χ3v) is 4.05. The monoisotopic (exact) mass is 299 g/mol. The summed E-state index contributed by atoms with van der Waals surface area (Å²) in [4.78, 5) is 27.7. The topological polar surface area (TPSA) is 112 Å². The van der Waals surface area contributed by atoms with E-state index in [9.17, 15) is 14.7 Å². The van der Waals surface area contributed by atoms with Crippen LogP contribution in [0.5, 0.6) is 0 Å². The lowest BCUT2D eigenvalue weighted by atomic mass is 10.0. The predicted octanol–water partition coefficient (Wildman–Crippen LogP) is 0.979. The number of nitrogens with one attached hydrogen (secondary N) is 2. The van der Waals surface area contributed by atoms with Crippen LogP contribution < -0.4 is 10.6 Å². The molecule has 1 aliphatic rings. The van der Waals surface area contributed by atoms with Gasteiger partial charge in [0, 0.05) is 11.4 Å². The van der Waals surface area contributed by atoms with Gasteiger partial charge < -0.3 is 15.5 Å². The molecule has 1 aromatic heterocycles. The summed E-state index contributed by atoms with van der Waals surface area (Å²) in [6.07, 6.45) is 2.63. The van der Waals surface area contributed by atoms with Gasteiger partial charge in [0.2, 0.25) is 0 Å². The summed E-state index contributed by atoms with van der Waals surface area (Å²) in [5.41, 5.74) is -0.434. The Morgan fingerprint density at radius 3 is 2.85 bits per heavy atom. The number of aliphatic hydroxyl groups is 1. The Kier molecular flexibility index (Phi) is 4.24. The lowest BCUT2D eigenvalue weighted by Crippen LogP contribution is -2.43. The standard InChI is InChI=1S/C12H17N3O4S/c1-12(19,5-9(16)17)6-13-10(18)15-11-14-7-3-2-4-8(7)20-11/h19H,2-6H2,1H3,(H,16,17)(H2,13,14,15,18). The molecule has 110 valence electrons. The lowest BCUT2D eigenvalue weighted by molar-refractivity contribution is -0.141. The number of urea groups is 1. The maximum atomic E-state index is 11.7. The minimum atomic E-state index is -1.48. The number of aryl methyl sites for hydroxylation is 2. The minimum Gasteiger partial charge on any atom is -0.481 e. The molecule has 4 N–H and O–H groups in total. The number of rotatable bonds is 5. The highest BCUT2D eigenvalue weighted by molar-refractivity contribution is 7.15. The highest BCUT2D eigenvalue weighted by Crippen LogP contribution is 2.30. The molecule has 0 saturated carbocycles. The highest BCUT2D eigenvalue weighted by Gasteiger charge is 2.25. The van der Waals surface area contributed by atoms with Crippen molar-refractivity contribution in [1.82, 2.24) is 10.3 Å². The number of carboxylic acid groups (broad SMARTS) is 1. The first kappa shape index (κ1) is 14.7. The molecule has 1 atom stereocenters. The molecule has 0 aliphatic heterocycles. The summed E-state index contributed by atoms with van der Waals surface area (Å²) in [6, 6.07) is -0.497. The maximum Gasteiger partial charge on any atom is 0.321 e. The van der Waals surface area contributed by atoms with Gasteiger partial charge in [-0.25, -0.2) is 9.78 Å². The first-order chi connectivity index (χ1) is 9.35. The van der Waals surface area contributed by atoms with Crippen molar-refractivity contribution in [3.8, 4) is 0 Å². The van der Waals surface area contributed by atoms with Crippen molar-refractivity contribution in [3.63, 3.8) is 0 Å². The number of amides is 2. The Labute approximate surface area is 120 Å². The van der Waals surface area contributed by atoms with Crippen molar-refractivity contribution in [2.24, 2.45) is 0 Å². The summed E-state index contributed by atoms with van der Waals surface area (Å²) >= 11 is 1.45. The molecule has 0 saturated heterocycles. The Morgan fingerprint density at radius 2 is 2.20 bits per heavy atom. The van der Waals surface area contributed by atoms with Crippen LogP contribution in [0.2, 0.25) is 0 Å². The third-order valence-electron chi connectivity index (χ3n) is 2.98. The van der Waals surface area contributed by atoms with E-state index in [-0.39, 0.29) is 6.54 Å². The fourth-order valence-corrected chi connectivity index (χ4v) is 3.09. The SMILES string of the molecule is CC(O)(CNC(=O)Nc1nc2c(s1)CCC2)CC(=O)O. The Hall–Kier alpha value is -1.67. The summed E-state index contributed by atoms with van der Waals surface area (Å²) in [7, 11) is 0. The number of carbonyl (C=O) groups excluding carboxylic acids is 1. The van der Waals surface area contributed by atoms with Gasteiger partial charge in [0.1, 0.15) is 0 Å². The van der Waals surface area contributed by atoms with Crippen molar-refractivity contribution in [3.05, 3.63) is 10.6 Å². The van der Waals surface area contributed by atoms with Gasteiger partial charge in [-0.05, 0) is 26.2 Å². The molecule has 1 aromatic rings. The first-order valence-corrected chi connectivity index (χ1v) is 7.15. The number of fused-ring (bicyclic) bond motifs is 1. The lowest BCUT2D eigenvalue weighted by Gasteiger charge is -2.21. The molecule has 1 unspecified atom stereocenters. The largest absolute Gasteiger partial charge is 0.481 e. The van der Waals surface area contributed by atoms with E-state index in [1.165, 1.54) is 23.1 Å². The van der Waals surface area contributed by atoms with Crippen molar-refractivity contribution in [2.45, 2.75) is 38.2 Å². The van der Waals surface area contributed by atoms with Gasteiger partial charge in [-0.3, -0.25) is 10.1 Å². The fraction of sp³-hybridized carbons (Fsp3) is 0.583. The van der Waals surface area contributed by atoms with E-state index in [0.29, 0.717) is 5.13 Å². The van der Waals surface area contributed by atoms with E-state index < -0.39 is 24.0 Å². The van der Waals surface area contributed by atoms with Crippen LogP contribution in [-0.2, 0) is 17.6 Å². The van der Waals surface area contributed by atoms with Crippen molar-refractivity contribution in [1.29, 1.82) is 0 Å². The molecule has 0 fully saturated rings. The minimum absolute atomic E-state index is 0.143. The molecule has 0 bridgehead atoms. The van der Waals surface area contributed by atoms with Crippen LogP contribution in [0.15, 0.2) is 0 Å². The number of aliphatic carboxylic acids is 1. The van der Waals surface area contributed by atoms with Gasteiger partial charge in [0.15, 0.2) is 5.13 Å². The van der Waals surface area contributed by atoms with Crippen LogP contribution in [0.1, 0.15) is 30.3 Å². The number of thiazole rings is 1. The van der Waals surface area contributed by atoms with Gasteiger partial charge in [0.05, 0.1) is 17.7 Å². The van der Waals surface area contributed by atoms with Crippen molar-refractivity contribution < 1.29 is 19.8 Å². The number of carboxylic acids is 1. The second-order valence-electron chi connectivity index (χ2n) is 5.12. The van der Waals surface area contributed by atoms with E-state index in [4.69, 9.17) is 5.11 Å². The van der Waals surface area contributed by atoms with Crippen molar-refractivity contribution >= 4 is 28.5 Å². The molecule has 2 rings (SSSR count). The second kappa shape index (κ2) is 5.76. The van der Waals surface area contributed by atoms with Crippen LogP contribution in [0, 0.1) is 0 Å². The predicted molar refractivity (Wildman–Crippen MR) is 74.0 cm³/mol. The van der Waals surface area contributed by atoms with Crippen LogP contribution in [0.4, 0.5) is 9.93 Å². The van der Waals surface area contributed by atoms with E-state index in [0.717, 1.165) is 25.0 Å². The van der Waals surface area contributed by atoms with Gasteiger partial charge >= 0.3 is 12.0 Å². The van der Waals surface area contributed by atoms with Gasteiger partial charge in [0.25, 0.3) is 0 Å². The molecule has 1 aliphatic carbocycles. The number of hydrogen-bond donors (Lipinski definition) is 4. The van der Waals surface area contributed by atoms with Crippen LogP contribution in [-0.4, -0.2) is 39.3 Å². The van der Waals surface area contributed by atoms with Crippen LogP contribution in [0.25, 0.3) is 0 Å². The first-order valence-electron chi connectivity index (χ1n) is 6.33. The Balaban J connectivity index is 1.81. The smallest absolute Gasteiger partial charge is 0.321 e. The molecule has 1 heterocycles. The van der Waals surface area contributed by atoms with Gasteiger partial charge in [-0.15, -0.1) is 11.3 Å². The average Bonchev–Trinajstić information content (AvgIpc) is 2.85. The zero-order valence-corrected chi connectivity index (χ0v) is 11.9. The zero-order chi connectivity index (χ0) is 14.8. The van der Waals surface area contributed by atoms with E-state index in [1.54, 1.807) is 0 Å². The fourth-order valence-electron chi connectivity index (χ4n) is 2.04. The van der Waals surface area contributed by atoms with Gasteiger partial charge in [-0.1, -0.05) is 0 Å². The third kappa shape index (κ3) is 3.91. The molecule has 0 spiro atoms. The van der Waals surface area contributed by atoms with E-state index in [2.05, 4.69) is 15.6 Å². The molecule has 8 heteroatoms. The van der Waals surface area contributed by atoms with Crippen LogP contribution in [0.3, 0.4) is 0 Å². The number of aromatic nitrogens is 1. The summed E-state index contributed by atoms with van der Waals surface area (Å²) in [5.74, 6) is -1.12. The highest BCUT2D eigenvalue weighted by atomic mass is 32.1. The number of carbonyl (C=O) groups is 2. The molecule has 7 nitrogen and oxygen atoms in total. The average molecular weight is 299 g/mol. The number of nitrogens with zero attached hydrogens (tertiary/aromatic N) is 1. The van der Waals surface area contributed by atoms with Crippen molar-refractivity contribution in [2.75, 3.05) is 11.9 Å². The second-order valence-corrected chi connectivity index (χ2v) is 6.20. The quantitative estimate of drug-likeness (QED) is 0.647. The normalized spacial score (nSPS) is 16.3.